The van der Waals surface area contributed by atoms with Crippen molar-refractivity contribution < 1.29 is 44.0 Å². The number of rotatable bonds is 11. The highest BCUT2D eigenvalue weighted by atomic mass is 16.5. The van der Waals surface area contributed by atoms with Gasteiger partial charge in [-0.2, -0.15) is 0 Å². The second kappa shape index (κ2) is 17.6. The summed E-state index contributed by atoms with van der Waals surface area (Å²) < 4.78 is 4.67. The molecule has 0 saturated carbocycles. The van der Waals surface area contributed by atoms with Gasteiger partial charge in [-0.05, 0) is 32.3 Å². The SMILES string of the molecule is C=C(C)C(=O)OCCC(CC(=O)O)C(=O)O.C=C(C)C(N)=O.N[C@H](Cc1ccccc1)C(=O)O. The predicted molar refractivity (Wildman–Crippen MR) is 124 cm³/mol. The Morgan fingerprint density at radius 1 is 0.941 bits per heavy atom. The van der Waals surface area contributed by atoms with E-state index in [9.17, 15) is 24.0 Å². The minimum atomic E-state index is -1.21. The van der Waals surface area contributed by atoms with Crippen molar-refractivity contribution in [3.63, 3.8) is 0 Å². The summed E-state index contributed by atoms with van der Waals surface area (Å²) in [7, 11) is 0. The summed E-state index contributed by atoms with van der Waals surface area (Å²) in [6.07, 6.45) is -0.128. The molecule has 0 aliphatic heterocycles. The summed E-state index contributed by atoms with van der Waals surface area (Å²) >= 11 is 0. The van der Waals surface area contributed by atoms with Crippen LogP contribution in [0.4, 0.5) is 0 Å². The minimum absolute atomic E-state index is 0.0271. The van der Waals surface area contributed by atoms with Crippen LogP contribution in [-0.4, -0.2) is 57.8 Å². The van der Waals surface area contributed by atoms with Gasteiger partial charge in [0.05, 0.1) is 18.9 Å². The van der Waals surface area contributed by atoms with Gasteiger partial charge in [0.25, 0.3) is 0 Å². The molecule has 11 nitrogen and oxygen atoms in total. The van der Waals surface area contributed by atoms with Gasteiger partial charge >= 0.3 is 23.9 Å². The molecule has 2 atom stereocenters. The number of benzene rings is 1. The summed E-state index contributed by atoms with van der Waals surface area (Å²) in [5.41, 5.74) is 11.6. The van der Waals surface area contributed by atoms with Crippen LogP contribution in [0, 0.1) is 5.92 Å². The number of carbonyl (C=O) groups is 5. The van der Waals surface area contributed by atoms with Crippen LogP contribution in [0.3, 0.4) is 0 Å². The van der Waals surface area contributed by atoms with Gasteiger partial charge in [0, 0.05) is 11.1 Å². The zero-order valence-corrected chi connectivity index (χ0v) is 19.2. The summed E-state index contributed by atoms with van der Waals surface area (Å²) in [5.74, 6) is -5.46. The Balaban J connectivity index is 0. The average Bonchev–Trinajstić information content (AvgIpc) is 2.73. The van der Waals surface area contributed by atoms with Crippen molar-refractivity contribution >= 4 is 29.8 Å². The Morgan fingerprint density at radius 2 is 1.44 bits per heavy atom. The van der Waals surface area contributed by atoms with Crippen LogP contribution in [0.1, 0.15) is 32.3 Å². The molecule has 0 spiro atoms. The molecule has 1 aromatic carbocycles. The lowest BCUT2D eigenvalue weighted by Gasteiger charge is -2.09. The maximum atomic E-state index is 10.9. The van der Waals surface area contributed by atoms with Crippen molar-refractivity contribution in [1.82, 2.24) is 0 Å². The molecule has 0 aliphatic rings. The molecule has 1 rings (SSSR count). The number of carbonyl (C=O) groups excluding carboxylic acids is 2. The van der Waals surface area contributed by atoms with Gasteiger partial charge in [-0.3, -0.25) is 19.2 Å². The second-order valence-corrected chi connectivity index (χ2v) is 7.12. The van der Waals surface area contributed by atoms with Crippen LogP contribution in [0.2, 0.25) is 0 Å². The molecule has 0 fully saturated rings. The van der Waals surface area contributed by atoms with Crippen LogP contribution in [0.5, 0.6) is 0 Å². The number of hydrogen-bond acceptors (Lipinski definition) is 7. The summed E-state index contributed by atoms with van der Waals surface area (Å²) in [4.78, 5) is 52.1. The zero-order chi connectivity index (χ0) is 26.8. The highest BCUT2D eigenvalue weighted by Gasteiger charge is 2.21. The predicted octanol–water partition coefficient (Wildman–Crippen LogP) is 1.36. The quantitative estimate of drug-likeness (QED) is 0.227. The number of carboxylic acid groups (broad SMARTS) is 3. The van der Waals surface area contributed by atoms with E-state index < -0.39 is 48.2 Å². The average molecular weight is 481 g/mol. The van der Waals surface area contributed by atoms with E-state index in [2.05, 4.69) is 17.9 Å². The molecular formula is C23H32N2O9. The maximum absolute atomic E-state index is 10.9. The van der Waals surface area contributed by atoms with E-state index in [-0.39, 0.29) is 18.6 Å². The van der Waals surface area contributed by atoms with E-state index in [1.807, 2.05) is 30.3 Å². The lowest BCUT2D eigenvalue weighted by atomic mass is 10.0. The Bertz CT molecular complexity index is 854. The van der Waals surface area contributed by atoms with Gasteiger partial charge in [0.2, 0.25) is 5.91 Å². The molecule has 0 heterocycles. The number of nitrogens with two attached hydrogens (primary N) is 2. The fourth-order valence-corrected chi connectivity index (χ4v) is 1.90. The standard InChI is InChI=1S/C10H14O6.C9H11NO2.C4H7NO/c1-6(2)10(15)16-4-3-7(9(13)14)5-8(11)12;10-8(9(11)12)6-7-4-2-1-3-5-7;1-3(2)4(5)6/h7H,1,3-5H2,2H3,(H,11,12)(H,13,14);1-5,8H,6,10H2,(H,11,12);1H2,2H3,(H2,5,6)/t;8-;/m.1./s1. The number of amides is 1. The fraction of sp³-hybridized carbons (Fsp3) is 0.348. The van der Waals surface area contributed by atoms with Gasteiger partial charge in [-0.1, -0.05) is 43.5 Å². The molecule has 1 amide bonds. The Labute approximate surface area is 197 Å². The Kier molecular flexibility index (Phi) is 16.6. The number of aliphatic carboxylic acids is 3. The molecule has 0 aromatic heterocycles. The lowest BCUT2D eigenvalue weighted by Crippen LogP contribution is -2.32. The highest BCUT2D eigenvalue weighted by Crippen LogP contribution is 2.09. The van der Waals surface area contributed by atoms with Gasteiger partial charge in [0.1, 0.15) is 6.04 Å². The largest absolute Gasteiger partial charge is 0.481 e. The zero-order valence-electron chi connectivity index (χ0n) is 19.2. The third-order valence-corrected chi connectivity index (χ3v) is 3.85. The van der Waals surface area contributed by atoms with Crippen LogP contribution in [-0.2, 0) is 35.1 Å². The third kappa shape index (κ3) is 17.7. The van der Waals surface area contributed by atoms with E-state index in [1.165, 1.54) is 6.92 Å². The van der Waals surface area contributed by atoms with Crippen molar-refractivity contribution in [2.45, 2.75) is 39.2 Å². The van der Waals surface area contributed by atoms with Gasteiger partial charge in [-0.15, -0.1) is 0 Å². The lowest BCUT2D eigenvalue weighted by molar-refractivity contribution is -0.150. The van der Waals surface area contributed by atoms with Crippen molar-refractivity contribution in [3.05, 3.63) is 60.2 Å². The van der Waals surface area contributed by atoms with E-state index in [0.29, 0.717) is 12.0 Å². The monoisotopic (exact) mass is 480 g/mol. The maximum Gasteiger partial charge on any atom is 0.333 e. The number of esters is 1. The van der Waals surface area contributed by atoms with Gasteiger partial charge in [0.15, 0.2) is 0 Å². The molecule has 7 N–H and O–H groups in total. The third-order valence-electron chi connectivity index (χ3n) is 3.85. The van der Waals surface area contributed by atoms with E-state index >= 15 is 0 Å². The van der Waals surface area contributed by atoms with Crippen molar-refractivity contribution in [2.75, 3.05) is 6.61 Å². The highest BCUT2D eigenvalue weighted by molar-refractivity contribution is 5.90. The number of ether oxygens (including phenoxy) is 1. The summed E-state index contributed by atoms with van der Waals surface area (Å²) in [5, 5.41) is 25.6. The molecule has 0 radical (unpaired) electrons. The molecule has 0 saturated heterocycles. The van der Waals surface area contributed by atoms with Gasteiger partial charge in [-0.25, -0.2) is 4.79 Å². The molecule has 0 aliphatic carbocycles. The normalized spacial score (nSPS) is 11.1. The van der Waals surface area contributed by atoms with Gasteiger partial charge < -0.3 is 31.5 Å². The smallest absolute Gasteiger partial charge is 0.333 e. The molecule has 34 heavy (non-hydrogen) atoms. The molecule has 11 heteroatoms. The van der Waals surface area contributed by atoms with Crippen molar-refractivity contribution in [2.24, 2.45) is 17.4 Å². The first-order valence-corrected chi connectivity index (χ1v) is 9.93. The Hall–Kier alpha value is -3.99. The number of carboxylic acids is 3. The fourth-order valence-electron chi connectivity index (χ4n) is 1.90. The number of hydrogen-bond donors (Lipinski definition) is 5. The first kappa shape index (κ1) is 32.2. The molecule has 188 valence electrons. The molecule has 1 aromatic rings. The van der Waals surface area contributed by atoms with Crippen molar-refractivity contribution in [3.8, 4) is 0 Å². The topological polar surface area (TPSA) is 207 Å². The first-order valence-electron chi connectivity index (χ1n) is 9.93. The van der Waals surface area contributed by atoms with Crippen molar-refractivity contribution in [1.29, 1.82) is 0 Å². The van der Waals surface area contributed by atoms with Crippen LogP contribution in [0.15, 0.2) is 54.6 Å². The van der Waals surface area contributed by atoms with E-state index in [0.717, 1.165) is 5.56 Å². The minimum Gasteiger partial charge on any atom is -0.481 e. The summed E-state index contributed by atoms with van der Waals surface area (Å²) in [6.45, 7) is 9.54. The molecule has 0 bridgehead atoms. The van der Waals surface area contributed by atoms with E-state index in [4.69, 9.17) is 26.8 Å². The number of primary amides is 1. The van der Waals surface area contributed by atoms with Crippen LogP contribution >= 0.6 is 0 Å². The first-order chi connectivity index (χ1) is 15.7. The molecular weight excluding hydrogens is 448 g/mol. The van der Waals surface area contributed by atoms with Crippen LogP contribution in [0.25, 0.3) is 0 Å². The molecule has 1 unspecified atom stereocenters. The second-order valence-electron chi connectivity index (χ2n) is 7.12. The summed E-state index contributed by atoms with van der Waals surface area (Å²) in [6, 6.07) is 8.54. The van der Waals surface area contributed by atoms with E-state index in [1.54, 1.807) is 6.92 Å². The Morgan fingerprint density at radius 3 is 1.79 bits per heavy atom. The van der Waals surface area contributed by atoms with Crippen LogP contribution < -0.4 is 11.5 Å².